The Hall–Kier alpha value is -5.10. The van der Waals surface area contributed by atoms with E-state index in [-0.39, 0.29) is 10.6 Å². The maximum atomic E-state index is 11.2. The van der Waals surface area contributed by atoms with Crippen molar-refractivity contribution < 1.29 is 4.92 Å². The van der Waals surface area contributed by atoms with Gasteiger partial charge in [0.1, 0.15) is 0 Å². The number of fused-ring (bicyclic) bond motifs is 3. The molecule has 6 heteroatoms. The monoisotopic (exact) mass is 470 g/mol. The minimum absolute atomic E-state index is 0.0655. The van der Waals surface area contributed by atoms with Gasteiger partial charge in [-0.1, -0.05) is 36.4 Å². The van der Waals surface area contributed by atoms with Crippen LogP contribution in [0, 0.1) is 10.1 Å². The van der Waals surface area contributed by atoms with Crippen molar-refractivity contribution in [2.24, 2.45) is 0 Å². The van der Waals surface area contributed by atoms with Crippen LogP contribution in [0.5, 0.6) is 0 Å². The third-order valence-electron chi connectivity index (χ3n) is 6.57. The Labute approximate surface area is 207 Å². The zero-order chi connectivity index (χ0) is 24.8. The topological polar surface area (TPSA) is 100 Å². The summed E-state index contributed by atoms with van der Waals surface area (Å²) in [5.41, 5.74) is 20.5. The molecule has 0 bridgehead atoms. The molecule has 1 heterocycles. The van der Waals surface area contributed by atoms with Crippen molar-refractivity contribution in [3.8, 4) is 27.9 Å². The third kappa shape index (κ3) is 3.61. The SMILES string of the molecule is Nc1ccc(-c2ccc3c(c2)c2cc(-c4ccc(N)cc4)ccc2n3-c2ccc([N+](=O)[O-])cc2)cc1. The van der Waals surface area contributed by atoms with Gasteiger partial charge in [0.05, 0.1) is 16.0 Å². The molecule has 0 radical (unpaired) electrons. The van der Waals surface area contributed by atoms with Crippen LogP contribution in [0.1, 0.15) is 0 Å². The summed E-state index contributed by atoms with van der Waals surface area (Å²) in [7, 11) is 0. The summed E-state index contributed by atoms with van der Waals surface area (Å²) < 4.78 is 2.15. The predicted octanol–water partition coefficient (Wildman–Crippen LogP) is 7.19. The second kappa shape index (κ2) is 8.29. The lowest BCUT2D eigenvalue weighted by Crippen LogP contribution is -1.95. The van der Waals surface area contributed by atoms with Crippen molar-refractivity contribution in [1.82, 2.24) is 4.57 Å². The van der Waals surface area contributed by atoms with Crippen LogP contribution in [0.25, 0.3) is 49.7 Å². The Balaban J connectivity index is 1.61. The maximum Gasteiger partial charge on any atom is 0.269 e. The normalized spacial score (nSPS) is 11.2. The summed E-state index contributed by atoms with van der Waals surface area (Å²) in [6, 6.07) is 35.1. The summed E-state index contributed by atoms with van der Waals surface area (Å²) in [4.78, 5) is 10.8. The van der Waals surface area contributed by atoms with E-state index in [4.69, 9.17) is 11.5 Å². The van der Waals surface area contributed by atoms with Gasteiger partial charge in [-0.25, -0.2) is 0 Å². The van der Waals surface area contributed by atoms with Crippen molar-refractivity contribution in [3.63, 3.8) is 0 Å². The fourth-order valence-electron chi connectivity index (χ4n) is 4.74. The molecule has 0 aliphatic heterocycles. The number of benzene rings is 5. The van der Waals surface area contributed by atoms with Gasteiger partial charge in [-0.3, -0.25) is 10.1 Å². The number of non-ortho nitro benzene ring substituents is 1. The van der Waals surface area contributed by atoms with Crippen molar-refractivity contribution in [1.29, 1.82) is 0 Å². The van der Waals surface area contributed by atoms with E-state index >= 15 is 0 Å². The number of hydrogen-bond donors (Lipinski definition) is 2. The minimum atomic E-state index is -0.382. The summed E-state index contributed by atoms with van der Waals surface area (Å²) in [5, 5.41) is 13.4. The zero-order valence-electron chi connectivity index (χ0n) is 19.3. The zero-order valence-corrected chi connectivity index (χ0v) is 19.3. The van der Waals surface area contributed by atoms with Crippen LogP contribution in [0.3, 0.4) is 0 Å². The molecule has 0 unspecified atom stereocenters. The molecule has 1 aromatic heterocycles. The molecule has 5 aromatic carbocycles. The number of aromatic nitrogens is 1. The first-order valence-corrected chi connectivity index (χ1v) is 11.5. The summed E-state index contributed by atoms with van der Waals surface area (Å²) in [6.45, 7) is 0. The van der Waals surface area contributed by atoms with E-state index in [1.807, 2.05) is 48.5 Å². The molecule has 0 amide bonds. The molecular weight excluding hydrogens is 448 g/mol. The van der Waals surface area contributed by atoms with Crippen LogP contribution in [0.4, 0.5) is 17.1 Å². The number of hydrogen-bond acceptors (Lipinski definition) is 4. The van der Waals surface area contributed by atoms with Gasteiger partial charge in [-0.05, 0) is 82.9 Å². The third-order valence-corrected chi connectivity index (χ3v) is 6.57. The van der Waals surface area contributed by atoms with E-state index in [1.165, 1.54) is 0 Å². The lowest BCUT2D eigenvalue weighted by molar-refractivity contribution is -0.384. The van der Waals surface area contributed by atoms with Gasteiger partial charge in [0.15, 0.2) is 0 Å². The lowest BCUT2D eigenvalue weighted by Gasteiger charge is -2.09. The van der Waals surface area contributed by atoms with E-state index in [1.54, 1.807) is 24.3 Å². The fourth-order valence-corrected chi connectivity index (χ4v) is 4.74. The molecule has 6 nitrogen and oxygen atoms in total. The molecule has 0 atom stereocenters. The smallest absolute Gasteiger partial charge is 0.269 e. The lowest BCUT2D eigenvalue weighted by atomic mass is 10.00. The molecule has 36 heavy (non-hydrogen) atoms. The summed E-state index contributed by atoms with van der Waals surface area (Å²) in [6.07, 6.45) is 0. The van der Waals surface area contributed by atoms with Gasteiger partial charge >= 0.3 is 0 Å². The highest BCUT2D eigenvalue weighted by Gasteiger charge is 2.15. The molecule has 0 fully saturated rings. The number of rotatable bonds is 4. The largest absolute Gasteiger partial charge is 0.399 e. The van der Waals surface area contributed by atoms with Crippen molar-refractivity contribution in [2.45, 2.75) is 0 Å². The van der Waals surface area contributed by atoms with E-state index in [2.05, 4.69) is 41.0 Å². The van der Waals surface area contributed by atoms with Gasteiger partial charge in [0, 0.05) is 40.0 Å². The Morgan fingerprint density at radius 3 is 1.39 bits per heavy atom. The molecule has 0 aliphatic carbocycles. The molecule has 6 rings (SSSR count). The first kappa shape index (κ1) is 21.4. The number of anilines is 2. The second-order valence-electron chi connectivity index (χ2n) is 8.82. The van der Waals surface area contributed by atoms with E-state index in [0.29, 0.717) is 0 Å². The number of nitro groups is 1. The average Bonchev–Trinajstić information content (AvgIpc) is 3.22. The second-order valence-corrected chi connectivity index (χ2v) is 8.82. The number of nitrogens with two attached hydrogens (primary N) is 2. The molecule has 6 aromatic rings. The van der Waals surface area contributed by atoms with Crippen LogP contribution < -0.4 is 11.5 Å². The van der Waals surface area contributed by atoms with Gasteiger partial charge < -0.3 is 16.0 Å². The number of nitro benzene ring substituents is 1. The molecular formula is C30H22N4O2. The van der Waals surface area contributed by atoms with Gasteiger partial charge in [-0.15, -0.1) is 0 Å². The highest BCUT2D eigenvalue weighted by Crippen LogP contribution is 2.37. The standard InChI is InChI=1S/C30H22N4O2/c31-23-7-1-19(2-8-23)21-5-15-29-27(17-21)28-18-22(20-3-9-24(32)10-4-20)6-16-30(28)33(29)25-11-13-26(14-12-25)34(35)36/h1-18H,31-32H2. The van der Waals surface area contributed by atoms with Gasteiger partial charge in [0.2, 0.25) is 0 Å². The Morgan fingerprint density at radius 1 is 0.556 bits per heavy atom. The predicted molar refractivity (Wildman–Crippen MR) is 147 cm³/mol. The number of nitrogen functional groups attached to an aromatic ring is 2. The van der Waals surface area contributed by atoms with Crippen LogP contribution in [-0.2, 0) is 0 Å². The molecule has 0 spiro atoms. The molecule has 4 N–H and O–H groups in total. The van der Waals surface area contributed by atoms with Crippen LogP contribution >= 0.6 is 0 Å². The molecule has 0 saturated heterocycles. The van der Waals surface area contributed by atoms with Gasteiger partial charge in [0.25, 0.3) is 5.69 Å². The average molecular weight is 471 g/mol. The highest BCUT2D eigenvalue weighted by molar-refractivity contribution is 6.11. The quantitative estimate of drug-likeness (QED) is 0.162. The first-order valence-electron chi connectivity index (χ1n) is 11.5. The van der Waals surface area contributed by atoms with Crippen molar-refractivity contribution in [3.05, 3.63) is 119 Å². The molecule has 0 aliphatic rings. The first-order chi connectivity index (χ1) is 17.5. The van der Waals surface area contributed by atoms with E-state index in [0.717, 1.165) is 61.1 Å². The van der Waals surface area contributed by atoms with Crippen molar-refractivity contribution >= 4 is 38.9 Å². The van der Waals surface area contributed by atoms with Crippen LogP contribution in [-0.4, -0.2) is 9.49 Å². The van der Waals surface area contributed by atoms with Gasteiger partial charge in [-0.2, -0.15) is 0 Å². The fraction of sp³-hybridized carbons (Fsp3) is 0. The Kier molecular flexibility index (Phi) is 4.93. The number of nitrogens with zero attached hydrogens (tertiary/aromatic N) is 2. The highest BCUT2D eigenvalue weighted by atomic mass is 16.6. The van der Waals surface area contributed by atoms with Crippen LogP contribution in [0.2, 0.25) is 0 Å². The summed E-state index contributed by atoms with van der Waals surface area (Å²) >= 11 is 0. The van der Waals surface area contributed by atoms with E-state index < -0.39 is 0 Å². The Bertz CT molecular complexity index is 1650. The molecule has 174 valence electrons. The Morgan fingerprint density at radius 2 is 0.972 bits per heavy atom. The molecule has 0 saturated carbocycles. The minimum Gasteiger partial charge on any atom is -0.399 e. The van der Waals surface area contributed by atoms with E-state index in [9.17, 15) is 10.1 Å². The van der Waals surface area contributed by atoms with Crippen LogP contribution in [0.15, 0.2) is 109 Å². The maximum absolute atomic E-state index is 11.2. The summed E-state index contributed by atoms with van der Waals surface area (Å²) in [5.74, 6) is 0. The van der Waals surface area contributed by atoms with Crippen molar-refractivity contribution in [2.75, 3.05) is 11.5 Å².